The zero-order valence-corrected chi connectivity index (χ0v) is 16.5. The number of benzene rings is 2. The minimum atomic E-state index is -0.0798. The Morgan fingerprint density at radius 3 is 2.68 bits per heavy atom. The van der Waals surface area contributed by atoms with Crippen LogP contribution in [0.25, 0.3) is 10.9 Å². The van der Waals surface area contributed by atoms with Crippen LogP contribution in [-0.2, 0) is 11.2 Å². The highest BCUT2D eigenvalue weighted by molar-refractivity contribution is 5.91. The van der Waals surface area contributed by atoms with Gasteiger partial charge in [-0.2, -0.15) is 5.10 Å². The lowest BCUT2D eigenvalue weighted by atomic mass is 10.1. The van der Waals surface area contributed by atoms with Gasteiger partial charge in [0, 0.05) is 24.3 Å². The number of carbonyl (C=O) groups is 2. The van der Waals surface area contributed by atoms with Crippen molar-refractivity contribution >= 4 is 22.7 Å². The summed E-state index contributed by atoms with van der Waals surface area (Å²) < 4.78 is 1.44. The summed E-state index contributed by atoms with van der Waals surface area (Å²) in [7, 11) is 0. The molecule has 3 aromatic rings. The van der Waals surface area contributed by atoms with Gasteiger partial charge in [-0.05, 0) is 50.8 Å². The minimum Gasteiger partial charge on any atom is -0.354 e. The Kier molecular flexibility index (Phi) is 6.58. The van der Waals surface area contributed by atoms with E-state index < -0.39 is 0 Å². The van der Waals surface area contributed by atoms with Gasteiger partial charge in [-0.1, -0.05) is 42.0 Å². The van der Waals surface area contributed by atoms with E-state index in [1.807, 2.05) is 50.2 Å². The van der Waals surface area contributed by atoms with Crippen molar-refractivity contribution in [3.05, 3.63) is 65.9 Å². The first-order valence-corrected chi connectivity index (χ1v) is 9.84. The number of aryl methyl sites for hydroxylation is 2. The van der Waals surface area contributed by atoms with Crippen molar-refractivity contribution in [2.24, 2.45) is 0 Å². The van der Waals surface area contributed by atoms with Crippen molar-refractivity contribution < 1.29 is 9.59 Å². The van der Waals surface area contributed by atoms with Crippen LogP contribution in [-0.4, -0.2) is 27.6 Å². The second-order valence-corrected chi connectivity index (χ2v) is 7.36. The van der Waals surface area contributed by atoms with Gasteiger partial charge in [-0.25, -0.2) is 4.68 Å². The number of nitrogens with zero attached hydrogens (tertiary/aromatic N) is 2. The first-order valence-electron chi connectivity index (χ1n) is 9.84. The molecule has 1 aromatic heterocycles. The molecule has 0 aliphatic heterocycles. The highest BCUT2D eigenvalue weighted by atomic mass is 16.2. The lowest BCUT2D eigenvalue weighted by molar-refractivity contribution is -0.121. The van der Waals surface area contributed by atoms with Crippen LogP contribution in [0.5, 0.6) is 0 Å². The smallest absolute Gasteiger partial charge is 0.247 e. The molecule has 146 valence electrons. The molecule has 0 saturated heterocycles. The van der Waals surface area contributed by atoms with Crippen LogP contribution < -0.4 is 5.32 Å². The normalized spacial score (nSPS) is 12.1. The number of fused-ring (bicyclic) bond motifs is 1. The number of hydrogen-bond acceptors (Lipinski definition) is 3. The Morgan fingerprint density at radius 2 is 1.89 bits per heavy atom. The molecule has 28 heavy (non-hydrogen) atoms. The first-order chi connectivity index (χ1) is 13.5. The molecule has 0 saturated carbocycles. The predicted molar refractivity (Wildman–Crippen MR) is 111 cm³/mol. The molecule has 2 aromatic carbocycles. The van der Waals surface area contributed by atoms with E-state index in [0.29, 0.717) is 19.3 Å². The van der Waals surface area contributed by atoms with Crippen molar-refractivity contribution in [1.29, 1.82) is 0 Å². The summed E-state index contributed by atoms with van der Waals surface area (Å²) in [5.41, 5.74) is 3.22. The summed E-state index contributed by atoms with van der Waals surface area (Å²) in [6.45, 7) is 4.03. The Hall–Kier alpha value is -2.95. The molecule has 0 spiro atoms. The maximum Gasteiger partial charge on any atom is 0.247 e. The fraction of sp³-hybridized carbons (Fsp3) is 0.348. The molecular formula is C23H27N3O2. The fourth-order valence-electron chi connectivity index (χ4n) is 3.30. The first kappa shape index (κ1) is 19.8. The van der Waals surface area contributed by atoms with E-state index in [1.54, 1.807) is 6.20 Å². The molecule has 1 atom stereocenters. The second-order valence-electron chi connectivity index (χ2n) is 7.36. The molecule has 0 fully saturated rings. The van der Waals surface area contributed by atoms with Gasteiger partial charge in [0.15, 0.2) is 0 Å². The number of rotatable bonds is 8. The third-order valence-electron chi connectivity index (χ3n) is 4.87. The lowest BCUT2D eigenvalue weighted by Crippen LogP contribution is -2.32. The summed E-state index contributed by atoms with van der Waals surface area (Å²) in [5, 5.41) is 8.18. The summed E-state index contributed by atoms with van der Waals surface area (Å²) in [5.74, 6) is -0.0851. The summed E-state index contributed by atoms with van der Waals surface area (Å²) in [4.78, 5) is 24.6. The van der Waals surface area contributed by atoms with Crippen LogP contribution in [0.3, 0.4) is 0 Å². The summed E-state index contributed by atoms with van der Waals surface area (Å²) in [6, 6.07) is 16.3. The highest BCUT2D eigenvalue weighted by Gasteiger charge is 2.12. The monoisotopic (exact) mass is 377 g/mol. The molecule has 0 aliphatic carbocycles. The minimum absolute atomic E-state index is 0.00527. The van der Waals surface area contributed by atoms with E-state index >= 15 is 0 Å². The van der Waals surface area contributed by atoms with Gasteiger partial charge in [-0.15, -0.1) is 0 Å². The Bertz CT molecular complexity index is 947. The molecule has 1 N–H and O–H groups in total. The van der Waals surface area contributed by atoms with Gasteiger partial charge < -0.3 is 5.32 Å². The number of hydrogen-bond donors (Lipinski definition) is 1. The Labute approximate surface area is 165 Å². The van der Waals surface area contributed by atoms with Crippen molar-refractivity contribution in [3.63, 3.8) is 0 Å². The Balaban J connectivity index is 1.41. The molecule has 0 radical (unpaired) electrons. The SMILES string of the molecule is Cc1ccc2c(cnn2C(=O)CCCC(=O)N[C@H](C)CCc2ccccc2)c1. The largest absolute Gasteiger partial charge is 0.354 e. The van der Waals surface area contributed by atoms with E-state index in [0.717, 1.165) is 29.3 Å². The van der Waals surface area contributed by atoms with E-state index in [4.69, 9.17) is 0 Å². The Morgan fingerprint density at radius 1 is 1.11 bits per heavy atom. The molecule has 1 heterocycles. The quantitative estimate of drug-likeness (QED) is 0.637. The van der Waals surface area contributed by atoms with E-state index in [-0.39, 0.29) is 17.9 Å². The van der Waals surface area contributed by atoms with Gasteiger partial charge in [0.25, 0.3) is 0 Å². The van der Waals surface area contributed by atoms with Gasteiger partial charge in [0.1, 0.15) is 0 Å². The maximum atomic E-state index is 12.4. The van der Waals surface area contributed by atoms with Gasteiger partial charge in [0.05, 0.1) is 11.7 Å². The zero-order valence-electron chi connectivity index (χ0n) is 16.5. The number of carbonyl (C=O) groups excluding carboxylic acids is 2. The van der Waals surface area contributed by atoms with Gasteiger partial charge in [-0.3, -0.25) is 9.59 Å². The van der Waals surface area contributed by atoms with E-state index in [1.165, 1.54) is 10.2 Å². The number of nitrogens with one attached hydrogen (secondary N) is 1. The van der Waals surface area contributed by atoms with Crippen molar-refractivity contribution in [2.75, 3.05) is 0 Å². The van der Waals surface area contributed by atoms with Crippen LogP contribution in [0, 0.1) is 6.92 Å². The molecule has 5 nitrogen and oxygen atoms in total. The topological polar surface area (TPSA) is 64.0 Å². The zero-order chi connectivity index (χ0) is 19.9. The summed E-state index contributed by atoms with van der Waals surface area (Å²) >= 11 is 0. The number of aromatic nitrogens is 2. The van der Waals surface area contributed by atoms with Gasteiger partial charge >= 0.3 is 0 Å². The molecule has 5 heteroatoms. The molecule has 0 aliphatic rings. The fourth-order valence-corrected chi connectivity index (χ4v) is 3.30. The number of amides is 1. The third kappa shape index (κ3) is 5.28. The van der Waals surface area contributed by atoms with Crippen LogP contribution in [0.1, 0.15) is 48.5 Å². The maximum absolute atomic E-state index is 12.4. The molecule has 0 bridgehead atoms. The lowest BCUT2D eigenvalue weighted by Gasteiger charge is -2.14. The molecule has 3 rings (SSSR count). The van der Waals surface area contributed by atoms with Gasteiger partial charge in [0.2, 0.25) is 11.8 Å². The molecular weight excluding hydrogens is 350 g/mol. The van der Waals surface area contributed by atoms with Crippen LogP contribution in [0.4, 0.5) is 0 Å². The van der Waals surface area contributed by atoms with Crippen molar-refractivity contribution in [1.82, 2.24) is 15.1 Å². The van der Waals surface area contributed by atoms with Crippen molar-refractivity contribution in [2.45, 2.75) is 52.0 Å². The molecule has 1 amide bonds. The van der Waals surface area contributed by atoms with Crippen LogP contribution in [0.15, 0.2) is 54.7 Å². The van der Waals surface area contributed by atoms with Crippen LogP contribution >= 0.6 is 0 Å². The predicted octanol–water partition coefficient (Wildman–Crippen LogP) is 4.29. The van der Waals surface area contributed by atoms with E-state index in [9.17, 15) is 9.59 Å². The average molecular weight is 377 g/mol. The third-order valence-corrected chi connectivity index (χ3v) is 4.87. The highest BCUT2D eigenvalue weighted by Crippen LogP contribution is 2.16. The van der Waals surface area contributed by atoms with E-state index in [2.05, 4.69) is 22.5 Å². The van der Waals surface area contributed by atoms with Crippen LogP contribution in [0.2, 0.25) is 0 Å². The average Bonchev–Trinajstić information content (AvgIpc) is 3.10. The second kappa shape index (κ2) is 9.31. The summed E-state index contributed by atoms with van der Waals surface area (Å²) in [6.07, 6.45) is 4.71. The standard InChI is InChI=1S/C23H27N3O2/c1-17-11-14-21-20(15-17)16-24-26(21)23(28)10-6-9-22(27)25-18(2)12-13-19-7-4-3-5-8-19/h3-5,7-8,11,14-16,18H,6,9-10,12-13H2,1-2H3,(H,25,27)/t18-/m1/s1. The molecule has 0 unspecified atom stereocenters. The van der Waals surface area contributed by atoms with Crippen molar-refractivity contribution in [3.8, 4) is 0 Å².